The van der Waals surface area contributed by atoms with Crippen molar-refractivity contribution >= 4 is 33.4 Å². The highest BCUT2D eigenvalue weighted by Crippen LogP contribution is 2.14. The van der Waals surface area contributed by atoms with Crippen molar-refractivity contribution in [2.75, 3.05) is 5.32 Å². The normalized spacial score (nSPS) is 11.8. The zero-order valence-corrected chi connectivity index (χ0v) is 12.2. The molecule has 0 radical (unpaired) electrons. The van der Waals surface area contributed by atoms with Crippen molar-refractivity contribution in [3.8, 4) is 0 Å². The molecule has 0 fully saturated rings. The standard InChI is InChI=1S/C12H13N3O3S2/c1-9-4-6-10(7-5-9)20(17)18-15-14-12(16)13-11-3-2-8-19-11/h2-8,15H,1H3,(H2,13,14,16). The number of anilines is 1. The minimum atomic E-state index is -1.70. The molecule has 2 amide bonds. The number of thiophene rings is 1. The second-order valence-corrected chi connectivity index (χ2v) is 5.84. The molecule has 6 nitrogen and oxygen atoms in total. The van der Waals surface area contributed by atoms with Crippen LogP contribution in [0.1, 0.15) is 5.56 Å². The molecule has 3 N–H and O–H groups in total. The van der Waals surface area contributed by atoms with Crippen molar-refractivity contribution in [3.05, 3.63) is 47.3 Å². The lowest BCUT2D eigenvalue weighted by atomic mass is 10.2. The molecule has 0 aliphatic carbocycles. The fourth-order valence-corrected chi connectivity index (χ4v) is 2.48. The van der Waals surface area contributed by atoms with E-state index in [9.17, 15) is 9.00 Å². The Balaban J connectivity index is 1.74. The molecule has 2 rings (SSSR count). The van der Waals surface area contributed by atoms with Gasteiger partial charge in [0.2, 0.25) is 11.1 Å². The van der Waals surface area contributed by atoms with Crippen molar-refractivity contribution in [1.29, 1.82) is 0 Å². The zero-order valence-electron chi connectivity index (χ0n) is 10.6. The monoisotopic (exact) mass is 311 g/mol. The molecule has 1 aromatic carbocycles. The molecule has 20 heavy (non-hydrogen) atoms. The number of carbonyl (C=O) groups is 1. The predicted molar refractivity (Wildman–Crippen MR) is 78.3 cm³/mol. The molecule has 1 heterocycles. The van der Waals surface area contributed by atoms with Gasteiger partial charge in [0.15, 0.2) is 0 Å². The number of amides is 2. The Morgan fingerprint density at radius 3 is 2.65 bits per heavy atom. The van der Waals surface area contributed by atoms with Gasteiger partial charge in [-0.05, 0) is 36.6 Å². The van der Waals surface area contributed by atoms with Gasteiger partial charge >= 0.3 is 6.03 Å². The summed E-state index contributed by atoms with van der Waals surface area (Å²) in [6.45, 7) is 1.93. The van der Waals surface area contributed by atoms with Gasteiger partial charge in [-0.1, -0.05) is 23.3 Å². The molecular formula is C12H13N3O3S2. The van der Waals surface area contributed by atoms with Crippen LogP contribution < -0.4 is 16.3 Å². The second kappa shape index (κ2) is 7.15. The van der Waals surface area contributed by atoms with Gasteiger partial charge < -0.3 is 0 Å². The average Bonchev–Trinajstić information content (AvgIpc) is 2.92. The van der Waals surface area contributed by atoms with E-state index in [0.29, 0.717) is 9.90 Å². The Hall–Kier alpha value is -1.74. The van der Waals surface area contributed by atoms with Crippen LogP contribution in [0.2, 0.25) is 0 Å². The maximum atomic E-state index is 11.7. The van der Waals surface area contributed by atoms with Gasteiger partial charge in [-0.15, -0.1) is 11.3 Å². The number of hydrazine groups is 1. The van der Waals surface area contributed by atoms with Crippen LogP contribution in [0.4, 0.5) is 9.80 Å². The van der Waals surface area contributed by atoms with E-state index in [1.807, 2.05) is 30.5 Å². The Kier molecular flexibility index (Phi) is 5.24. The Bertz CT molecular complexity index is 585. The lowest BCUT2D eigenvalue weighted by Gasteiger charge is -2.07. The van der Waals surface area contributed by atoms with E-state index in [-0.39, 0.29) is 0 Å². The molecule has 0 aliphatic heterocycles. The second-order valence-electron chi connectivity index (χ2n) is 3.79. The summed E-state index contributed by atoms with van der Waals surface area (Å²) in [5, 5.41) is 5.11. The summed E-state index contributed by atoms with van der Waals surface area (Å²) >= 11 is -0.309. The molecule has 0 aliphatic rings. The highest BCUT2D eigenvalue weighted by Gasteiger charge is 2.06. The van der Waals surface area contributed by atoms with Crippen LogP contribution in [0, 0.1) is 6.92 Å². The first-order valence-corrected chi connectivity index (χ1v) is 7.62. The molecule has 106 valence electrons. The Labute approximate surface area is 122 Å². The van der Waals surface area contributed by atoms with Gasteiger partial charge in [0, 0.05) is 0 Å². The third kappa shape index (κ3) is 4.42. The number of hydrogen-bond acceptors (Lipinski definition) is 5. The smallest absolute Gasteiger partial charge is 0.298 e. The van der Waals surface area contributed by atoms with Crippen molar-refractivity contribution in [2.45, 2.75) is 11.8 Å². The van der Waals surface area contributed by atoms with Crippen LogP contribution in [0.25, 0.3) is 0 Å². The number of hydrogen-bond donors (Lipinski definition) is 3. The SMILES string of the molecule is Cc1ccc(S(=O)ONNC(=O)Nc2cccs2)cc1. The van der Waals surface area contributed by atoms with Crippen molar-refractivity contribution in [3.63, 3.8) is 0 Å². The van der Waals surface area contributed by atoms with Crippen LogP contribution in [0.3, 0.4) is 0 Å². The van der Waals surface area contributed by atoms with Gasteiger partial charge in [0.25, 0.3) is 0 Å². The third-order valence-electron chi connectivity index (χ3n) is 2.25. The zero-order chi connectivity index (χ0) is 14.4. The first-order valence-electron chi connectivity index (χ1n) is 5.66. The summed E-state index contributed by atoms with van der Waals surface area (Å²) in [7, 11) is 0. The van der Waals surface area contributed by atoms with Gasteiger partial charge in [0.05, 0.1) is 9.90 Å². The van der Waals surface area contributed by atoms with E-state index in [2.05, 4.69) is 16.3 Å². The topological polar surface area (TPSA) is 79.5 Å². The van der Waals surface area contributed by atoms with Gasteiger partial charge in [-0.2, -0.15) is 4.28 Å². The van der Waals surface area contributed by atoms with E-state index in [1.54, 1.807) is 18.2 Å². The largest absolute Gasteiger partial charge is 0.335 e. The fourth-order valence-electron chi connectivity index (χ4n) is 1.30. The molecular weight excluding hydrogens is 298 g/mol. The highest BCUT2D eigenvalue weighted by molar-refractivity contribution is 7.80. The number of rotatable bonds is 5. The van der Waals surface area contributed by atoms with Crippen LogP contribution in [0.5, 0.6) is 0 Å². The van der Waals surface area contributed by atoms with E-state index in [4.69, 9.17) is 4.28 Å². The van der Waals surface area contributed by atoms with Gasteiger partial charge in [-0.25, -0.2) is 14.4 Å². The fraction of sp³-hybridized carbons (Fsp3) is 0.0833. The van der Waals surface area contributed by atoms with Gasteiger partial charge in [-0.3, -0.25) is 5.32 Å². The van der Waals surface area contributed by atoms with E-state index < -0.39 is 17.1 Å². The number of urea groups is 1. The van der Waals surface area contributed by atoms with Gasteiger partial charge in [0.1, 0.15) is 0 Å². The van der Waals surface area contributed by atoms with Crippen molar-refractivity contribution in [1.82, 2.24) is 11.0 Å². The van der Waals surface area contributed by atoms with Crippen molar-refractivity contribution < 1.29 is 13.3 Å². The quantitative estimate of drug-likeness (QED) is 0.741. The Morgan fingerprint density at radius 1 is 1.25 bits per heavy atom. The summed E-state index contributed by atoms with van der Waals surface area (Å²) in [6.07, 6.45) is 0. The summed E-state index contributed by atoms with van der Waals surface area (Å²) in [5.41, 5.74) is 5.44. The molecule has 0 saturated heterocycles. The van der Waals surface area contributed by atoms with Crippen LogP contribution in [-0.4, -0.2) is 10.2 Å². The third-order valence-corrected chi connectivity index (χ3v) is 3.93. The highest BCUT2D eigenvalue weighted by atomic mass is 32.2. The maximum Gasteiger partial charge on any atom is 0.335 e. The Morgan fingerprint density at radius 2 is 2.00 bits per heavy atom. The molecule has 0 saturated carbocycles. The summed E-state index contributed by atoms with van der Waals surface area (Å²) in [4.78, 5) is 11.9. The van der Waals surface area contributed by atoms with Crippen molar-refractivity contribution in [2.24, 2.45) is 0 Å². The summed E-state index contributed by atoms with van der Waals surface area (Å²) in [5.74, 6) is 0. The molecule has 1 unspecified atom stereocenters. The minimum absolute atomic E-state index is 0.503. The first-order chi connectivity index (χ1) is 9.65. The summed E-state index contributed by atoms with van der Waals surface area (Å²) in [6, 6.07) is 10.1. The van der Waals surface area contributed by atoms with Crippen LogP contribution in [-0.2, 0) is 15.4 Å². The maximum absolute atomic E-state index is 11.7. The van der Waals surface area contributed by atoms with E-state index in [1.165, 1.54) is 11.3 Å². The lowest BCUT2D eigenvalue weighted by molar-refractivity contribution is 0.174. The lowest BCUT2D eigenvalue weighted by Crippen LogP contribution is -2.40. The predicted octanol–water partition coefficient (Wildman–Crippen LogP) is 2.34. The van der Waals surface area contributed by atoms with E-state index in [0.717, 1.165) is 5.56 Å². The molecule has 0 bridgehead atoms. The van der Waals surface area contributed by atoms with Crippen LogP contribution >= 0.6 is 11.3 Å². The molecule has 8 heteroatoms. The minimum Gasteiger partial charge on any atom is -0.298 e. The van der Waals surface area contributed by atoms with E-state index >= 15 is 0 Å². The molecule has 1 atom stereocenters. The first kappa shape index (κ1) is 14.7. The molecule has 0 spiro atoms. The van der Waals surface area contributed by atoms with Crippen LogP contribution in [0.15, 0.2) is 46.7 Å². The number of nitrogens with one attached hydrogen (secondary N) is 3. The average molecular weight is 311 g/mol. The molecule has 1 aromatic heterocycles. The summed E-state index contributed by atoms with van der Waals surface area (Å²) < 4.78 is 16.5. The number of benzene rings is 1. The number of carbonyl (C=O) groups excluding carboxylic acids is 1. The molecule has 2 aromatic rings. The number of aryl methyl sites for hydroxylation is 1.